The lowest BCUT2D eigenvalue weighted by molar-refractivity contribution is -0.122. The van der Waals surface area contributed by atoms with Gasteiger partial charge >= 0.3 is 0 Å². The number of benzene rings is 2. The summed E-state index contributed by atoms with van der Waals surface area (Å²) in [4.78, 5) is 27.2. The van der Waals surface area contributed by atoms with Gasteiger partial charge in [0.25, 0.3) is 5.91 Å². The quantitative estimate of drug-likeness (QED) is 0.605. The Labute approximate surface area is 158 Å². The maximum absolute atomic E-state index is 12.3. The van der Waals surface area contributed by atoms with Crippen LogP contribution in [-0.4, -0.2) is 23.3 Å². The zero-order valence-corrected chi connectivity index (χ0v) is 15.1. The maximum Gasteiger partial charge on any atom is 0.251 e. The predicted octanol–water partition coefficient (Wildman–Crippen LogP) is 3.17. The third-order valence-corrected chi connectivity index (χ3v) is 4.99. The van der Waals surface area contributed by atoms with Gasteiger partial charge in [0.05, 0.1) is 0 Å². The molecule has 0 spiro atoms. The van der Waals surface area contributed by atoms with Crippen LogP contribution in [0.25, 0.3) is 10.9 Å². The zero-order chi connectivity index (χ0) is 18.6. The molecule has 0 bridgehead atoms. The van der Waals surface area contributed by atoms with E-state index in [0.717, 1.165) is 30.3 Å². The number of nitrogens with one attached hydrogen (secondary N) is 3. The van der Waals surface area contributed by atoms with E-state index in [4.69, 9.17) is 0 Å². The number of H-pyrrole nitrogens is 1. The molecule has 0 aliphatic heterocycles. The highest BCUT2D eigenvalue weighted by molar-refractivity contribution is 5.94. The first-order valence-corrected chi connectivity index (χ1v) is 9.40. The molecule has 0 saturated heterocycles. The Kier molecular flexibility index (Phi) is 4.92. The van der Waals surface area contributed by atoms with Gasteiger partial charge < -0.3 is 15.6 Å². The van der Waals surface area contributed by atoms with E-state index in [-0.39, 0.29) is 17.7 Å². The molecule has 0 unspecified atom stereocenters. The number of hydrogen-bond acceptors (Lipinski definition) is 2. The molecule has 1 fully saturated rings. The molecule has 4 rings (SSSR count). The summed E-state index contributed by atoms with van der Waals surface area (Å²) in [7, 11) is 0. The van der Waals surface area contributed by atoms with Crippen molar-refractivity contribution < 1.29 is 9.59 Å². The summed E-state index contributed by atoms with van der Waals surface area (Å²) < 4.78 is 0. The van der Waals surface area contributed by atoms with Crippen LogP contribution in [0.3, 0.4) is 0 Å². The van der Waals surface area contributed by atoms with Crippen molar-refractivity contribution in [2.45, 2.75) is 25.8 Å². The lowest BCUT2D eigenvalue weighted by Gasteiger charge is -2.07. The standard InChI is InChI=1S/C22H23N3O2/c26-21(23-12-11-18-14-24-20-4-2-1-3-19(18)20)16-7-5-15(6-8-16)13-25-22(27)17-9-10-17/h1-8,14,17,24H,9-13H2,(H,23,26)(H,25,27). The SMILES string of the molecule is O=C(NCCc1c[nH]c2ccccc12)c1ccc(CNC(=O)C2CC2)cc1. The second kappa shape index (κ2) is 7.66. The van der Waals surface area contributed by atoms with Crippen LogP contribution in [-0.2, 0) is 17.8 Å². The number of aromatic nitrogens is 1. The van der Waals surface area contributed by atoms with Crippen LogP contribution in [0, 0.1) is 5.92 Å². The first kappa shape index (κ1) is 17.3. The van der Waals surface area contributed by atoms with E-state index in [0.29, 0.717) is 18.7 Å². The topological polar surface area (TPSA) is 74.0 Å². The van der Waals surface area contributed by atoms with E-state index in [9.17, 15) is 9.59 Å². The van der Waals surface area contributed by atoms with Gasteiger partial charge in [-0.25, -0.2) is 0 Å². The molecule has 0 atom stereocenters. The van der Waals surface area contributed by atoms with Gasteiger partial charge in [-0.05, 0) is 48.6 Å². The fourth-order valence-electron chi connectivity index (χ4n) is 3.20. The molecule has 0 radical (unpaired) electrons. The number of aromatic amines is 1. The number of amides is 2. The Morgan fingerprint density at radius 2 is 1.78 bits per heavy atom. The molecule has 2 aromatic carbocycles. The summed E-state index contributed by atoms with van der Waals surface area (Å²) in [6.45, 7) is 1.09. The van der Waals surface area contributed by atoms with Crippen LogP contribution in [0.4, 0.5) is 0 Å². The fraction of sp³-hybridized carbons (Fsp3) is 0.273. The molecular weight excluding hydrogens is 338 g/mol. The van der Waals surface area contributed by atoms with Gasteiger partial charge in [-0.2, -0.15) is 0 Å². The molecule has 2 amide bonds. The normalized spacial score (nSPS) is 13.5. The summed E-state index contributed by atoms with van der Waals surface area (Å²) in [5, 5.41) is 7.10. The van der Waals surface area contributed by atoms with E-state index in [2.05, 4.69) is 21.7 Å². The van der Waals surface area contributed by atoms with Gasteiger partial charge in [0.2, 0.25) is 5.91 Å². The molecule has 5 nitrogen and oxygen atoms in total. The molecule has 1 aliphatic rings. The van der Waals surface area contributed by atoms with Crippen LogP contribution in [0.1, 0.15) is 34.3 Å². The Hall–Kier alpha value is -3.08. The van der Waals surface area contributed by atoms with Crippen molar-refractivity contribution in [2.24, 2.45) is 5.92 Å². The Morgan fingerprint density at radius 3 is 2.56 bits per heavy atom. The summed E-state index contributed by atoms with van der Waals surface area (Å²) in [5.41, 5.74) is 3.95. The number of carbonyl (C=O) groups is 2. The molecule has 3 aromatic rings. The molecule has 1 aromatic heterocycles. The largest absolute Gasteiger partial charge is 0.361 e. The molecule has 1 aliphatic carbocycles. The number of hydrogen-bond donors (Lipinski definition) is 3. The fourth-order valence-corrected chi connectivity index (χ4v) is 3.20. The van der Waals surface area contributed by atoms with Crippen molar-refractivity contribution in [3.63, 3.8) is 0 Å². The van der Waals surface area contributed by atoms with E-state index in [1.165, 1.54) is 10.9 Å². The van der Waals surface area contributed by atoms with Crippen molar-refractivity contribution in [3.05, 3.63) is 71.4 Å². The zero-order valence-electron chi connectivity index (χ0n) is 15.1. The average molecular weight is 361 g/mol. The Bertz CT molecular complexity index is 955. The highest BCUT2D eigenvalue weighted by Crippen LogP contribution is 2.28. The molecule has 27 heavy (non-hydrogen) atoms. The second-order valence-corrected chi connectivity index (χ2v) is 7.05. The summed E-state index contributed by atoms with van der Waals surface area (Å²) >= 11 is 0. The lowest BCUT2D eigenvalue weighted by atomic mass is 10.1. The highest BCUT2D eigenvalue weighted by Gasteiger charge is 2.29. The summed E-state index contributed by atoms with van der Waals surface area (Å²) in [5.74, 6) is 0.268. The van der Waals surface area contributed by atoms with Crippen molar-refractivity contribution >= 4 is 22.7 Å². The minimum atomic E-state index is -0.0802. The highest BCUT2D eigenvalue weighted by atomic mass is 16.2. The molecule has 1 heterocycles. The predicted molar refractivity (Wildman–Crippen MR) is 105 cm³/mol. The number of para-hydroxylation sites is 1. The Morgan fingerprint density at radius 1 is 1.00 bits per heavy atom. The molecular formula is C22H23N3O2. The van der Waals surface area contributed by atoms with Crippen molar-refractivity contribution in [1.82, 2.24) is 15.6 Å². The summed E-state index contributed by atoms with van der Waals surface area (Å²) in [6, 6.07) is 15.6. The van der Waals surface area contributed by atoms with E-state index in [1.807, 2.05) is 36.5 Å². The second-order valence-electron chi connectivity index (χ2n) is 7.05. The van der Waals surface area contributed by atoms with Crippen molar-refractivity contribution in [1.29, 1.82) is 0 Å². The van der Waals surface area contributed by atoms with Crippen molar-refractivity contribution in [3.8, 4) is 0 Å². The monoisotopic (exact) mass is 361 g/mol. The van der Waals surface area contributed by atoms with Crippen molar-refractivity contribution in [2.75, 3.05) is 6.54 Å². The minimum Gasteiger partial charge on any atom is -0.361 e. The van der Waals surface area contributed by atoms with Crippen LogP contribution >= 0.6 is 0 Å². The van der Waals surface area contributed by atoms with E-state index in [1.54, 1.807) is 12.1 Å². The van der Waals surface area contributed by atoms with Gasteiger partial charge in [0, 0.05) is 41.7 Å². The average Bonchev–Trinajstić information content (AvgIpc) is 3.48. The number of carbonyl (C=O) groups excluding carboxylic acids is 2. The van der Waals surface area contributed by atoms with E-state index < -0.39 is 0 Å². The molecule has 3 N–H and O–H groups in total. The Balaban J connectivity index is 1.27. The first-order valence-electron chi connectivity index (χ1n) is 9.40. The molecule has 5 heteroatoms. The first-order chi connectivity index (χ1) is 13.2. The number of rotatable bonds is 7. The summed E-state index contributed by atoms with van der Waals surface area (Å²) in [6.07, 6.45) is 4.79. The third-order valence-electron chi connectivity index (χ3n) is 4.99. The van der Waals surface area contributed by atoms with Gasteiger partial charge in [-0.1, -0.05) is 30.3 Å². The van der Waals surface area contributed by atoms with Crippen LogP contribution in [0.2, 0.25) is 0 Å². The molecule has 138 valence electrons. The van der Waals surface area contributed by atoms with Gasteiger partial charge in [-0.15, -0.1) is 0 Å². The van der Waals surface area contributed by atoms with Crippen LogP contribution < -0.4 is 10.6 Å². The molecule has 1 saturated carbocycles. The number of fused-ring (bicyclic) bond motifs is 1. The van der Waals surface area contributed by atoms with Gasteiger partial charge in [-0.3, -0.25) is 9.59 Å². The van der Waals surface area contributed by atoms with Gasteiger partial charge in [0.15, 0.2) is 0 Å². The smallest absolute Gasteiger partial charge is 0.251 e. The maximum atomic E-state index is 12.3. The van der Waals surface area contributed by atoms with Crippen LogP contribution in [0.5, 0.6) is 0 Å². The van der Waals surface area contributed by atoms with E-state index >= 15 is 0 Å². The third kappa shape index (κ3) is 4.19. The minimum absolute atomic E-state index is 0.0802. The lowest BCUT2D eigenvalue weighted by Crippen LogP contribution is -2.26. The van der Waals surface area contributed by atoms with Crippen LogP contribution in [0.15, 0.2) is 54.7 Å². The van der Waals surface area contributed by atoms with Gasteiger partial charge in [0.1, 0.15) is 0 Å².